The van der Waals surface area contributed by atoms with Crippen LogP contribution in [0.4, 0.5) is 0 Å². The number of carbonyl (C=O) groups excluding carboxylic acids is 1. The summed E-state index contributed by atoms with van der Waals surface area (Å²) >= 11 is 1.39. The molecule has 28 heavy (non-hydrogen) atoms. The summed E-state index contributed by atoms with van der Waals surface area (Å²) in [5.41, 5.74) is 2.65. The highest BCUT2D eigenvalue weighted by Gasteiger charge is 2.10. The van der Waals surface area contributed by atoms with Crippen molar-refractivity contribution >= 4 is 23.3 Å². The molecular formula is C20H19N5O2S. The Morgan fingerprint density at radius 2 is 2.04 bits per heavy atom. The fraction of sp³-hybridized carbons (Fsp3) is 0.150. The lowest BCUT2D eigenvalue weighted by molar-refractivity contribution is -0.118. The number of hydrogen-bond acceptors (Lipinski definition) is 5. The van der Waals surface area contributed by atoms with Gasteiger partial charge in [-0.2, -0.15) is 0 Å². The van der Waals surface area contributed by atoms with Crippen LogP contribution in [0.1, 0.15) is 5.69 Å². The van der Waals surface area contributed by atoms with Gasteiger partial charge in [-0.05, 0) is 36.4 Å². The van der Waals surface area contributed by atoms with Gasteiger partial charge in [-0.1, -0.05) is 17.8 Å². The van der Waals surface area contributed by atoms with Crippen molar-refractivity contribution in [3.63, 3.8) is 0 Å². The second-order valence-electron chi connectivity index (χ2n) is 6.04. The van der Waals surface area contributed by atoms with Gasteiger partial charge in [0.1, 0.15) is 11.4 Å². The highest BCUT2D eigenvalue weighted by Crippen LogP contribution is 2.22. The maximum atomic E-state index is 12.2. The van der Waals surface area contributed by atoms with E-state index in [9.17, 15) is 4.79 Å². The minimum absolute atomic E-state index is 0.0636. The van der Waals surface area contributed by atoms with Gasteiger partial charge in [0.15, 0.2) is 5.16 Å². The zero-order valence-corrected chi connectivity index (χ0v) is 16.1. The molecule has 3 heterocycles. The number of pyridine rings is 1. The van der Waals surface area contributed by atoms with Crippen LogP contribution in [0.15, 0.2) is 72.4 Å². The number of nitrogens with one attached hydrogen (secondary N) is 1. The number of nitrogens with zero attached hydrogens (tertiary/aromatic N) is 4. The van der Waals surface area contributed by atoms with Crippen molar-refractivity contribution in [1.29, 1.82) is 0 Å². The maximum absolute atomic E-state index is 12.2. The van der Waals surface area contributed by atoms with Crippen molar-refractivity contribution in [1.82, 2.24) is 24.3 Å². The predicted molar refractivity (Wildman–Crippen MR) is 108 cm³/mol. The van der Waals surface area contributed by atoms with Crippen molar-refractivity contribution in [3.05, 3.63) is 72.9 Å². The molecule has 0 unspecified atom stereocenters. The lowest BCUT2D eigenvalue weighted by Gasteiger charge is -2.08. The third-order valence-corrected chi connectivity index (χ3v) is 5.14. The minimum atomic E-state index is -0.0636. The Labute approximate surface area is 166 Å². The van der Waals surface area contributed by atoms with Gasteiger partial charge in [0.25, 0.3) is 0 Å². The first kappa shape index (κ1) is 18.1. The number of fused-ring (bicyclic) bond motifs is 1. The number of carbonyl (C=O) groups is 1. The van der Waals surface area contributed by atoms with Crippen molar-refractivity contribution in [3.8, 4) is 11.4 Å². The Kier molecular flexibility index (Phi) is 5.29. The number of imidazole rings is 2. The molecule has 0 atom stereocenters. The highest BCUT2D eigenvalue weighted by molar-refractivity contribution is 7.99. The number of ether oxygens (including phenoxy) is 1. The maximum Gasteiger partial charge on any atom is 0.230 e. The Hall–Kier alpha value is -3.26. The molecule has 4 rings (SSSR count). The van der Waals surface area contributed by atoms with Crippen LogP contribution < -0.4 is 10.1 Å². The van der Waals surface area contributed by atoms with E-state index in [0.29, 0.717) is 6.54 Å². The Morgan fingerprint density at radius 1 is 1.18 bits per heavy atom. The third-order valence-electron chi connectivity index (χ3n) is 4.17. The number of aromatic nitrogens is 4. The number of amides is 1. The fourth-order valence-corrected chi connectivity index (χ4v) is 3.58. The van der Waals surface area contributed by atoms with Crippen LogP contribution in [0, 0.1) is 0 Å². The van der Waals surface area contributed by atoms with E-state index in [1.807, 2.05) is 70.0 Å². The molecule has 7 nitrogen and oxygen atoms in total. The molecule has 0 bridgehead atoms. The molecule has 0 aliphatic heterocycles. The van der Waals surface area contributed by atoms with Crippen molar-refractivity contribution < 1.29 is 9.53 Å². The molecule has 0 radical (unpaired) electrons. The smallest absolute Gasteiger partial charge is 0.230 e. The Balaban J connectivity index is 1.34. The van der Waals surface area contributed by atoms with Gasteiger partial charge in [0.05, 0.1) is 25.1 Å². The summed E-state index contributed by atoms with van der Waals surface area (Å²) in [5, 5.41) is 3.66. The molecule has 0 fully saturated rings. The molecule has 1 aromatic carbocycles. The van der Waals surface area contributed by atoms with E-state index in [0.717, 1.165) is 27.9 Å². The van der Waals surface area contributed by atoms with Crippen LogP contribution in [0.25, 0.3) is 11.3 Å². The molecule has 0 spiro atoms. The van der Waals surface area contributed by atoms with Crippen molar-refractivity contribution in [2.45, 2.75) is 11.7 Å². The normalized spacial score (nSPS) is 10.9. The summed E-state index contributed by atoms with van der Waals surface area (Å²) in [5.74, 6) is 1.01. The molecule has 1 amide bonds. The second-order valence-corrected chi connectivity index (χ2v) is 6.98. The average molecular weight is 393 g/mol. The summed E-state index contributed by atoms with van der Waals surface area (Å²) < 4.78 is 9.07. The van der Waals surface area contributed by atoms with Crippen LogP contribution in [0.5, 0.6) is 5.75 Å². The summed E-state index contributed by atoms with van der Waals surface area (Å²) in [7, 11) is 1.64. The van der Waals surface area contributed by atoms with Gasteiger partial charge in [0.2, 0.25) is 5.91 Å². The lowest BCUT2D eigenvalue weighted by Crippen LogP contribution is -2.24. The molecule has 142 valence electrons. The number of hydrogen-bond donors (Lipinski definition) is 1. The molecule has 8 heteroatoms. The van der Waals surface area contributed by atoms with E-state index in [1.165, 1.54) is 11.8 Å². The van der Waals surface area contributed by atoms with Gasteiger partial charge < -0.3 is 14.5 Å². The predicted octanol–water partition coefficient (Wildman–Crippen LogP) is 2.94. The SMILES string of the molecule is COc1ccc(-n2ccnc2SCC(=O)NCc2cn3ccccc3n2)cc1. The number of thioether (sulfide) groups is 1. The first-order chi connectivity index (χ1) is 13.7. The number of benzene rings is 1. The van der Waals surface area contributed by atoms with Gasteiger partial charge in [0, 0.05) is 30.5 Å². The quantitative estimate of drug-likeness (QED) is 0.489. The van der Waals surface area contributed by atoms with E-state index < -0.39 is 0 Å². The van der Waals surface area contributed by atoms with E-state index in [2.05, 4.69) is 15.3 Å². The largest absolute Gasteiger partial charge is 0.497 e. The van der Waals surface area contributed by atoms with E-state index in [-0.39, 0.29) is 11.7 Å². The van der Waals surface area contributed by atoms with Gasteiger partial charge in [-0.25, -0.2) is 9.97 Å². The number of rotatable bonds is 7. The molecule has 0 saturated heterocycles. The fourth-order valence-electron chi connectivity index (χ4n) is 2.78. The van der Waals surface area contributed by atoms with E-state index in [1.54, 1.807) is 13.3 Å². The standard InChI is InChI=1S/C20H19N5O2S/c1-27-17-7-5-16(6-8-17)25-11-9-21-20(25)28-14-19(26)22-12-15-13-24-10-3-2-4-18(24)23-15/h2-11,13H,12,14H2,1H3,(H,22,26). The average Bonchev–Trinajstić information content (AvgIpc) is 3.37. The Bertz CT molecular complexity index is 1050. The Morgan fingerprint density at radius 3 is 2.82 bits per heavy atom. The molecule has 1 N–H and O–H groups in total. The zero-order chi connectivity index (χ0) is 19.3. The lowest BCUT2D eigenvalue weighted by atomic mass is 10.3. The number of methoxy groups -OCH3 is 1. The van der Waals surface area contributed by atoms with Crippen LogP contribution >= 0.6 is 11.8 Å². The highest BCUT2D eigenvalue weighted by atomic mass is 32.2. The molecule has 0 aliphatic rings. The van der Waals surface area contributed by atoms with Crippen LogP contribution in [0.2, 0.25) is 0 Å². The zero-order valence-electron chi connectivity index (χ0n) is 15.3. The summed E-state index contributed by atoms with van der Waals surface area (Å²) in [4.78, 5) is 21.1. The molecule has 3 aromatic heterocycles. The first-order valence-corrected chi connectivity index (χ1v) is 9.71. The first-order valence-electron chi connectivity index (χ1n) is 8.73. The van der Waals surface area contributed by atoms with Crippen LogP contribution in [0.3, 0.4) is 0 Å². The molecular weight excluding hydrogens is 374 g/mol. The van der Waals surface area contributed by atoms with Crippen LogP contribution in [-0.2, 0) is 11.3 Å². The molecule has 0 saturated carbocycles. The van der Waals surface area contributed by atoms with Crippen molar-refractivity contribution in [2.75, 3.05) is 12.9 Å². The van der Waals surface area contributed by atoms with Crippen molar-refractivity contribution in [2.24, 2.45) is 0 Å². The minimum Gasteiger partial charge on any atom is -0.497 e. The summed E-state index contributed by atoms with van der Waals surface area (Å²) in [6, 6.07) is 13.5. The summed E-state index contributed by atoms with van der Waals surface area (Å²) in [6.45, 7) is 0.397. The third kappa shape index (κ3) is 4.01. The van der Waals surface area contributed by atoms with E-state index >= 15 is 0 Å². The molecule has 4 aromatic rings. The van der Waals surface area contributed by atoms with Gasteiger partial charge in [-0.15, -0.1) is 0 Å². The monoisotopic (exact) mass is 393 g/mol. The van der Waals surface area contributed by atoms with E-state index in [4.69, 9.17) is 4.74 Å². The second kappa shape index (κ2) is 8.18. The topological polar surface area (TPSA) is 73.5 Å². The van der Waals surface area contributed by atoms with Crippen LogP contribution in [-0.4, -0.2) is 37.7 Å². The molecule has 0 aliphatic carbocycles. The summed E-state index contributed by atoms with van der Waals surface area (Å²) in [6.07, 6.45) is 7.45. The van der Waals surface area contributed by atoms with Gasteiger partial charge >= 0.3 is 0 Å². The van der Waals surface area contributed by atoms with Gasteiger partial charge in [-0.3, -0.25) is 9.36 Å².